The summed E-state index contributed by atoms with van der Waals surface area (Å²) in [6, 6.07) is 3.75. The van der Waals surface area contributed by atoms with Crippen molar-refractivity contribution in [2.24, 2.45) is 5.41 Å². The first-order valence-corrected chi connectivity index (χ1v) is 6.13. The quantitative estimate of drug-likeness (QED) is 0.613. The third-order valence-corrected chi connectivity index (χ3v) is 2.95. The molecule has 0 spiro atoms. The number of carbonyl (C=O) groups is 1. The first-order chi connectivity index (χ1) is 9.27. The minimum atomic E-state index is -0.861. The Morgan fingerprint density at radius 3 is 2.60 bits per heavy atom. The van der Waals surface area contributed by atoms with Crippen LogP contribution in [0.3, 0.4) is 0 Å². The molecule has 0 radical (unpaired) electrons. The number of carbonyl (C=O) groups excluding carboxylic acids is 1. The number of nitro benzene ring substituents is 1. The molecule has 6 nitrogen and oxygen atoms in total. The van der Waals surface area contributed by atoms with E-state index in [9.17, 15) is 19.3 Å². The standard InChI is InChI=1S/C13H18FN3O3/c1-13(2,12(18)15-3)8-16-7-9-4-5-11(17(19)20)10(14)6-9/h4-6,16H,7-8H2,1-3H3,(H,15,18). The van der Waals surface area contributed by atoms with E-state index in [4.69, 9.17) is 0 Å². The zero-order valence-corrected chi connectivity index (χ0v) is 11.7. The topological polar surface area (TPSA) is 84.3 Å². The molecule has 0 saturated heterocycles. The molecule has 1 rings (SSSR count). The van der Waals surface area contributed by atoms with Gasteiger partial charge in [0.25, 0.3) is 0 Å². The van der Waals surface area contributed by atoms with Crippen LogP contribution in [0.5, 0.6) is 0 Å². The summed E-state index contributed by atoms with van der Waals surface area (Å²) in [5.74, 6) is -0.959. The Morgan fingerprint density at radius 1 is 1.45 bits per heavy atom. The van der Waals surface area contributed by atoms with Crippen LogP contribution in [0.15, 0.2) is 18.2 Å². The van der Waals surface area contributed by atoms with Crippen LogP contribution in [0.2, 0.25) is 0 Å². The number of halogens is 1. The molecule has 0 unspecified atom stereocenters. The van der Waals surface area contributed by atoms with Crippen molar-refractivity contribution in [2.75, 3.05) is 13.6 Å². The van der Waals surface area contributed by atoms with Crippen LogP contribution in [-0.4, -0.2) is 24.4 Å². The van der Waals surface area contributed by atoms with Crippen molar-refractivity contribution in [1.29, 1.82) is 0 Å². The average Bonchev–Trinajstić information content (AvgIpc) is 2.37. The summed E-state index contributed by atoms with van der Waals surface area (Å²) in [5.41, 5.74) is -0.547. The van der Waals surface area contributed by atoms with Crippen molar-refractivity contribution in [1.82, 2.24) is 10.6 Å². The average molecular weight is 283 g/mol. The highest BCUT2D eigenvalue weighted by Gasteiger charge is 2.25. The van der Waals surface area contributed by atoms with Crippen molar-refractivity contribution in [3.63, 3.8) is 0 Å². The van der Waals surface area contributed by atoms with E-state index >= 15 is 0 Å². The summed E-state index contributed by atoms with van der Waals surface area (Å²) in [6.07, 6.45) is 0. The number of nitrogens with zero attached hydrogens (tertiary/aromatic N) is 1. The van der Waals surface area contributed by atoms with Crippen molar-refractivity contribution in [3.8, 4) is 0 Å². The van der Waals surface area contributed by atoms with Crippen molar-refractivity contribution >= 4 is 11.6 Å². The maximum absolute atomic E-state index is 13.4. The maximum Gasteiger partial charge on any atom is 0.304 e. The Labute approximate surface area is 116 Å². The van der Waals surface area contributed by atoms with Gasteiger partial charge in [0.15, 0.2) is 0 Å². The molecule has 0 aliphatic heterocycles. The maximum atomic E-state index is 13.4. The Balaban J connectivity index is 2.61. The Morgan fingerprint density at radius 2 is 2.10 bits per heavy atom. The molecule has 0 saturated carbocycles. The third kappa shape index (κ3) is 3.99. The number of hydrogen-bond acceptors (Lipinski definition) is 4. The van der Waals surface area contributed by atoms with Crippen LogP contribution in [0.4, 0.5) is 10.1 Å². The molecule has 0 fully saturated rings. The van der Waals surface area contributed by atoms with E-state index in [2.05, 4.69) is 10.6 Å². The molecular formula is C13H18FN3O3. The van der Waals surface area contributed by atoms with Gasteiger partial charge in [-0.25, -0.2) is 0 Å². The Kier molecular flexibility index (Phi) is 5.15. The van der Waals surface area contributed by atoms with Gasteiger partial charge in [-0.15, -0.1) is 0 Å². The highest BCUT2D eigenvalue weighted by Crippen LogP contribution is 2.18. The van der Waals surface area contributed by atoms with Crippen LogP contribution in [0.25, 0.3) is 0 Å². The van der Waals surface area contributed by atoms with Crippen molar-refractivity contribution in [2.45, 2.75) is 20.4 Å². The zero-order chi connectivity index (χ0) is 15.3. The second kappa shape index (κ2) is 6.42. The fourth-order valence-electron chi connectivity index (χ4n) is 1.75. The van der Waals surface area contributed by atoms with Gasteiger partial charge in [-0.1, -0.05) is 6.07 Å². The predicted molar refractivity (Wildman–Crippen MR) is 72.6 cm³/mol. The number of hydrogen-bond donors (Lipinski definition) is 2. The van der Waals surface area contributed by atoms with Gasteiger partial charge in [-0.2, -0.15) is 4.39 Å². The SMILES string of the molecule is CNC(=O)C(C)(C)CNCc1ccc([N+](=O)[O-])c(F)c1. The van der Waals surface area contributed by atoms with Crippen LogP contribution < -0.4 is 10.6 Å². The summed E-state index contributed by atoms with van der Waals surface area (Å²) in [5, 5.41) is 16.1. The van der Waals surface area contributed by atoms with Crippen LogP contribution in [0.1, 0.15) is 19.4 Å². The molecule has 0 aliphatic carbocycles. The third-order valence-electron chi connectivity index (χ3n) is 2.95. The molecule has 7 heteroatoms. The van der Waals surface area contributed by atoms with Crippen LogP contribution in [0, 0.1) is 21.3 Å². The summed E-state index contributed by atoms with van der Waals surface area (Å²) in [6.45, 7) is 4.31. The largest absolute Gasteiger partial charge is 0.359 e. The highest BCUT2D eigenvalue weighted by atomic mass is 19.1. The molecule has 1 aromatic rings. The van der Waals surface area contributed by atoms with Gasteiger partial charge in [0.05, 0.1) is 10.3 Å². The first-order valence-electron chi connectivity index (χ1n) is 6.13. The molecule has 1 aromatic carbocycles. The number of amides is 1. The molecule has 2 N–H and O–H groups in total. The fourth-order valence-corrected chi connectivity index (χ4v) is 1.75. The summed E-state index contributed by atoms with van der Waals surface area (Å²) in [4.78, 5) is 21.3. The predicted octanol–water partition coefficient (Wildman–Crippen LogP) is 1.60. The van der Waals surface area contributed by atoms with Gasteiger partial charge in [0, 0.05) is 26.2 Å². The number of benzene rings is 1. The Hall–Kier alpha value is -2.02. The van der Waals surface area contributed by atoms with E-state index in [-0.39, 0.29) is 5.91 Å². The number of rotatable bonds is 6. The summed E-state index contributed by atoms with van der Waals surface area (Å²) in [7, 11) is 1.57. The summed E-state index contributed by atoms with van der Waals surface area (Å²) >= 11 is 0. The minimum absolute atomic E-state index is 0.0973. The van der Waals surface area contributed by atoms with Gasteiger partial charge in [-0.3, -0.25) is 14.9 Å². The lowest BCUT2D eigenvalue weighted by molar-refractivity contribution is -0.387. The van der Waals surface area contributed by atoms with Crippen LogP contribution in [-0.2, 0) is 11.3 Å². The first kappa shape index (κ1) is 16.0. The molecule has 0 bridgehead atoms. The molecule has 0 aliphatic rings. The van der Waals surface area contributed by atoms with E-state index in [0.717, 1.165) is 12.1 Å². The number of nitrogens with one attached hydrogen (secondary N) is 2. The molecular weight excluding hydrogens is 265 g/mol. The van der Waals surface area contributed by atoms with E-state index in [0.29, 0.717) is 18.7 Å². The van der Waals surface area contributed by atoms with Gasteiger partial charge in [0.2, 0.25) is 11.7 Å². The highest BCUT2D eigenvalue weighted by molar-refractivity contribution is 5.81. The molecule has 20 heavy (non-hydrogen) atoms. The van der Waals surface area contributed by atoms with Gasteiger partial charge in [0.1, 0.15) is 0 Å². The van der Waals surface area contributed by atoms with E-state index in [1.165, 1.54) is 6.07 Å². The van der Waals surface area contributed by atoms with E-state index in [1.807, 2.05) is 0 Å². The van der Waals surface area contributed by atoms with Crippen molar-refractivity contribution in [3.05, 3.63) is 39.7 Å². The monoisotopic (exact) mass is 283 g/mol. The second-order valence-electron chi connectivity index (χ2n) is 5.11. The number of nitro groups is 1. The molecule has 110 valence electrons. The van der Waals surface area contributed by atoms with Crippen molar-refractivity contribution < 1.29 is 14.1 Å². The fraction of sp³-hybridized carbons (Fsp3) is 0.462. The van der Waals surface area contributed by atoms with Gasteiger partial charge in [-0.05, 0) is 25.5 Å². The van der Waals surface area contributed by atoms with Crippen LogP contribution >= 0.6 is 0 Å². The summed E-state index contributed by atoms with van der Waals surface area (Å²) < 4.78 is 13.4. The second-order valence-corrected chi connectivity index (χ2v) is 5.11. The van der Waals surface area contributed by atoms with Gasteiger partial charge < -0.3 is 10.6 Å². The zero-order valence-electron chi connectivity index (χ0n) is 11.7. The lowest BCUT2D eigenvalue weighted by Crippen LogP contribution is -2.41. The minimum Gasteiger partial charge on any atom is -0.359 e. The van der Waals surface area contributed by atoms with Gasteiger partial charge >= 0.3 is 5.69 Å². The molecule has 0 atom stereocenters. The molecule has 0 heterocycles. The lowest BCUT2D eigenvalue weighted by atomic mass is 9.92. The van der Waals surface area contributed by atoms with E-state index < -0.39 is 21.8 Å². The van der Waals surface area contributed by atoms with E-state index in [1.54, 1.807) is 20.9 Å². The lowest BCUT2D eigenvalue weighted by Gasteiger charge is -2.22. The molecule has 0 aromatic heterocycles. The molecule has 1 amide bonds. The Bertz CT molecular complexity index is 518. The normalized spacial score (nSPS) is 11.2. The smallest absolute Gasteiger partial charge is 0.304 e.